The van der Waals surface area contributed by atoms with Crippen LogP contribution in [0.4, 0.5) is 11.4 Å². The minimum Gasteiger partial charge on any atom is -0.489 e. The van der Waals surface area contributed by atoms with Gasteiger partial charge in [0, 0.05) is 5.69 Å². The average Bonchev–Trinajstić information content (AvgIpc) is 3.06. The van der Waals surface area contributed by atoms with Crippen molar-refractivity contribution in [2.45, 2.75) is 13.0 Å². The van der Waals surface area contributed by atoms with Gasteiger partial charge in [-0.15, -0.1) is 0 Å². The Labute approximate surface area is 164 Å². The summed E-state index contributed by atoms with van der Waals surface area (Å²) in [6, 6.07) is 10.1. The third kappa shape index (κ3) is 4.93. The molecule has 1 aromatic heterocycles. The van der Waals surface area contributed by atoms with Gasteiger partial charge in [0.2, 0.25) is 6.04 Å². The van der Waals surface area contributed by atoms with Crippen molar-refractivity contribution in [2.24, 2.45) is 10.2 Å². The van der Waals surface area contributed by atoms with Crippen molar-refractivity contribution >= 4 is 34.1 Å². The van der Waals surface area contributed by atoms with Gasteiger partial charge in [0.15, 0.2) is 5.78 Å². The minimum absolute atomic E-state index is 0.0763. The average molecular weight is 397 g/mol. The summed E-state index contributed by atoms with van der Waals surface area (Å²) < 4.78 is 5.36. The van der Waals surface area contributed by atoms with Gasteiger partial charge in [0.1, 0.15) is 18.0 Å². The number of anilines is 1. The summed E-state index contributed by atoms with van der Waals surface area (Å²) in [5, 5.41) is 19.4. The number of para-hydroxylation sites is 1. The number of nitrogens with zero attached hydrogens (tertiary/aromatic N) is 2. The number of carbonyl (C=O) groups excluding carboxylic acids is 2. The molecule has 2 aromatic carbocycles. The second kappa shape index (κ2) is 8.93. The molecule has 0 aliphatic carbocycles. The maximum atomic E-state index is 12.5. The number of carbonyl (C=O) groups is 2. The van der Waals surface area contributed by atoms with Crippen LogP contribution in [0.25, 0.3) is 11.0 Å². The zero-order valence-electron chi connectivity index (χ0n) is 15.5. The quantitative estimate of drug-likeness (QED) is 0.338. The van der Waals surface area contributed by atoms with Crippen molar-refractivity contribution in [3.05, 3.63) is 52.9 Å². The molecule has 1 heterocycles. The molecule has 0 fully saturated rings. The number of ketones is 1. The highest BCUT2D eigenvalue weighted by Crippen LogP contribution is 2.27. The van der Waals surface area contributed by atoms with E-state index in [0.29, 0.717) is 28.2 Å². The van der Waals surface area contributed by atoms with E-state index in [2.05, 4.69) is 25.5 Å². The lowest BCUT2D eigenvalue weighted by Crippen LogP contribution is -2.31. The van der Waals surface area contributed by atoms with Crippen LogP contribution in [-0.2, 0) is 9.59 Å². The van der Waals surface area contributed by atoms with E-state index in [1.807, 2.05) is 0 Å². The van der Waals surface area contributed by atoms with Gasteiger partial charge in [-0.3, -0.25) is 9.59 Å². The van der Waals surface area contributed by atoms with Crippen molar-refractivity contribution in [1.29, 1.82) is 0 Å². The summed E-state index contributed by atoms with van der Waals surface area (Å²) >= 11 is 0. The van der Waals surface area contributed by atoms with Gasteiger partial charge in [0.05, 0.1) is 17.6 Å². The van der Waals surface area contributed by atoms with Gasteiger partial charge in [-0.25, -0.2) is 4.79 Å². The Morgan fingerprint density at radius 1 is 1.17 bits per heavy atom. The highest BCUT2D eigenvalue weighted by Gasteiger charge is 2.23. The molecule has 3 rings (SSSR count). The van der Waals surface area contributed by atoms with E-state index < -0.39 is 17.7 Å². The van der Waals surface area contributed by atoms with Crippen LogP contribution in [0.5, 0.6) is 5.75 Å². The van der Waals surface area contributed by atoms with E-state index >= 15 is 0 Å². The van der Waals surface area contributed by atoms with Gasteiger partial charge in [-0.05, 0) is 37.3 Å². The number of hydrogen-bond donors (Lipinski definition) is 4. The zero-order chi connectivity index (χ0) is 20.8. The molecule has 29 heavy (non-hydrogen) atoms. The van der Waals surface area contributed by atoms with E-state index in [9.17, 15) is 14.4 Å². The van der Waals surface area contributed by atoms with E-state index in [-0.39, 0.29) is 18.9 Å². The second-order valence-corrected chi connectivity index (χ2v) is 6.10. The number of aliphatic hydroxyl groups excluding tert-OH is 1. The molecule has 0 saturated carbocycles. The molecule has 1 amide bonds. The Morgan fingerprint density at radius 2 is 1.93 bits per heavy atom. The van der Waals surface area contributed by atoms with Gasteiger partial charge in [0.25, 0.3) is 5.91 Å². The largest absolute Gasteiger partial charge is 0.489 e. The molecular formula is C19H19N5O5. The monoisotopic (exact) mass is 397 g/mol. The Bertz CT molecular complexity index is 1120. The molecule has 0 saturated heterocycles. The molecule has 0 aliphatic heterocycles. The number of imidazole rings is 1. The molecule has 4 N–H and O–H groups in total. The number of azo groups is 1. The highest BCUT2D eigenvalue weighted by atomic mass is 16.5. The maximum absolute atomic E-state index is 12.5. The molecule has 10 heteroatoms. The number of H-pyrrole nitrogens is 2. The van der Waals surface area contributed by atoms with Crippen LogP contribution in [0, 0.1) is 0 Å². The lowest BCUT2D eigenvalue weighted by atomic mass is 10.2. The lowest BCUT2D eigenvalue weighted by Gasteiger charge is -2.10. The number of fused-ring (bicyclic) bond motifs is 1. The molecular weight excluding hydrogens is 378 g/mol. The van der Waals surface area contributed by atoms with Crippen molar-refractivity contribution in [2.75, 3.05) is 18.5 Å². The van der Waals surface area contributed by atoms with Crippen molar-refractivity contribution < 1.29 is 19.4 Å². The van der Waals surface area contributed by atoms with Crippen LogP contribution in [-0.4, -0.2) is 46.0 Å². The van der Waals surface area contributed by atoms with E-state index in [0.717, 1.165) is 0 Å². The van der Waals surface area contributed by atoms with Crippen LogP contribution in [0.1, 0.15) is 6.92 Å². The summed E-state index contributed by atoms with van der Waals surface area (Å²) in [5.41, 5.74) is 1.47. The fourth-order valence-electron chi connectivity index (χ4n) is 2.58. The number of amides is 1. The first-order valence-corrected chi connectivity index (χ1v) is 8.75. The number of aromatic amines is 2. The number of benzene rings is 2. The first-order chi connectivity index (χ1) is 14.0. The lowest BCUT2D eigenvalue weighted by molar-refractivity contribution is -0.126. The van der Waals surface area contributed by atoms with Crippen LogP contribution >= 0.6 is 0 Å². The fourth-order valence-corrected chi connectivity index (χ4v) is 2.58. The number of aromatic nitrogens is 2. The topological polar surface area (TPSA) is 149 Å². The Hall–Kier alpha value is -3.79. The normalized spacial score (nSPS) is 12.2. The van der Waals surface area contributed by atoms with Gasteiger partial charge in [-0.2, -0.15) is 10.2 Å². The van der Waals surface area contributed by atoms with Crippen LogP contribution in [0.15, 0.2) is 57.5 Å². The van der Waals surface area contributed by atoms with Crippen molar-refractivity contribution in [1.82, 2.24) is 9.97 Å². The smallest absolute Gasteiger partial charge is 0.323 e. The fraction of sp³-hybridized carbons (Fsp3) is 0.211. The second-order valence-electron chi connectivity index (χ2n) is 6.10. The van der Waals surface area contributed by atoms with Gasteiger partial charge in [-0.1, -0.05) is 12.1 Å². The zero-order valence-corrected chi connectivity index (χ0v) is 15.5. The molecule has 0 spiro atoms. The Morgan fingerprint density at radius 3 is 2.69 bits per heavy atom. The summed E-state index contributed by atoms with van der Waals surface area (Å²) in [6.07, 6.45) is 0. The molecule has 0 radical (unpaired) electrons. The standard InChI is InChI=1S/C19H19N5O5/c1-11(26)17(24-23-14-4-2-3-5-16(14)29-9-8-25)18(27)20-12-6-7-13-15(10-12)22-19(28)21-13/h2-7,10,17,25H,8-9H2,1H3,(H,20,27)(H2,21,22,28)/b24-23+. The number of aliphatic hydroxyl groups is 1. The third-order valence-corrected chi connectivity index (χ3v) is 3.91. The minimum atomic E-state index is -1.36. The first-order valence-electron chi connectivity index (χ1n) is 8.75. The predicted octanol–water partition coefficient (Wildman–Crippen LogP) is 1.91. The van der Waals surface area contributed by atoms with Gasteiger partial charge >= 0.3 is 5.69 Å². The van der Waals surface area contributed by atoms with Crippen LogP contribution in [0.3, 0.4) is 0 Å². The predicted molar refractivity (Wildman–Crippen MR) is 106 cm³/mol. The highest BCUT2D eigenvalue weighted by molar-refractivity contribution is 6.10. The van der Waals surface area contributed by atoms with E-state index in [1.54, 1.807) is 42.5 Å². The van der Waals surface area contributed by atoms with Crippen LogP contribution in [0.2, 0.25) is 0 Å². The number of hydrogen-bond acceptors (Lipinski definition) is 7. The summed E-state index contributed by atoms with van der Waals surface area (Å²) in [7, 11) is 0. The Kier molecular flexibility index (Phi) is 6.15. The molecule has 3 aromatic rings. The summed E-state index contributed by atoms with van der Waals surface area (Å²) in [4.78, 5) is 41.0. The molecule has 1 atom stereocenters. The summed E-state index contributed by atoms with van der Waals surface area (Å²) in [5.74, 6) is -0.779. The first kappa shape index (κ1) is 20.0. The number of rotatable bonds is 8. The Balaban J connectivity index is 1.78. The van der Waals surface area contributed by atoms with E-state index in [1.165, 1.54) is 6.92 Å². The molecule has 0 bridgehead atoms. The van der Waals surface area contributed by atoms with E-state index in [4.69, 9.17) is 9.84 Å². The molecule has 10 nitrogen and oxygen atoms in total. The van der Waals surface area contributed by atoms with Crippen LogP contribution < -0.4 is 15.7 Å². The number of nitrogens with one attached hydrogen (secondary N) is 3. The van der Waals surface area contributed by atoms with Gasteiger partial charge < -0.3 is 25.1 Å². The molecule has 150 valence electrons. The molecule has 0 aliphatic rings. The number of ether oxygens (including phenoxy) is 1. The SMILES string of the molecule is CC(=O)C(/N=N/c1ccccc1OCCO)C(=O)Nc1ccc2[nH]c(=O)[nH]c2c1. The maximum Gasteiger partial charge on any atom is 0.323 e. The van der Waals surface area contributed by atoms with Crippen molar-refractivity contribution in [3.63, 3.8) is 0 Å². The summed E-state index contributed by atoms with van der Waals surface area (Å²) in [6.45, 7) is 1.15. The van der Waals surface area contributed by atoms with Crippen molar-refractivity contribution in [3.8, 4) is 5.75 Å². The number of Topliss-reactive ketones (excluding diaryl/α,β-unsaturated/α-hetero) is 1. The third-order valence-electron chi connectivity index (χ3n) is 3.91. The molecule has 1 unspecified atom stereocenters.